The molecule has 4 aromatic rings. The summed E-state index contributed by atoms with van der Waals surface area (Å²) < 4.78 is 13.2. The van der Waals surface area contributed by atoms with Crippen molar-refractivity contribution in [1.29, 1.82) is 0 Å². The van der Waals surface area contributed by atoms with Crippen LogP contribution in [0.25, 0.3) is 21.3 Å². The molecule has 0 saturated carbocycles. The van der Waals surface area contributed by atoms with Crippen LogP contribution in [0, 0.1) is 5.82 Å². The Morgan fingerprint density at radius 2 is 1.88 bits per heavy atom. The fourth-order valence-electron chi connectivity index (χ4n) is 3.18. The van der Waals surface area contributed by atoms with Crippen molar-refractivity contribution in [2.24, 2.45) is 0 Å². The van der Waals surface area contributed by atoms with Crippen LogP contribution in [0.4, 0.5) is 10.1 Å². The summed E-state index contributed by atoms with van der Waals surface area (Å²) >= 11 is 2.42. The normalized spacial score (nSPS) is 12.0. The number of benzene rings is 2. The highest BCUT2D eigenvalue weighted by atomic mass is 32.2. The second kappa shape index (κ2) is 9.05. The summed E-state index contributed by atoms with van der Waals surface area (Å²) in [6.07, 6.45) is 0. The minimum atomic E-state index is -0.577. The summed E-state index contributed by atoms with van der Waals surface area (Å²) in [5.41, 5.74) is 1.95. The molecule has 1 amide bonds. The van der Waals surface area contributed by atoms with Crippen LogP contribution < -0.4 is 10.9 Å². The molecular formula is C23H18FN3O3S2. The number of hydrogen-bond acceptors (Lipinski definition) is 6. The number of aromatic nitrogens is 2. The second-order valence-corrected chi connectivity index (χ2v) is 9.25. The molecule has 0 aliphatic carbocycles. The molecule has 9 heteroatoms. The molecule has 2 aromatic carbocycles. The van der Waals surface area contributed by atoms with Gasteiger partial charge in [0.15, 0.2) is 10.9 Å². The van der Waals surface area contributed by atoms with Crippen LogP contribution in [-0.2, 0) is 4.79 Å². The zero-order chi connectivity index (χ0) is 22.8. The van der Waals surface area contributed by atoms with Gasteiger partial charge in [-0.25, -0.2) is 9.37 Å². The quantitative estimate of drug-likeness (QED) is 0.234. The maximum absolute atomic E-state index is 13.2. The van der Waals surface area contributed by atoms with Crippen molar-refractivity contribution in [1.82, 2.24) is 9.97 Å². The summed E-state index contributed by atoms with van der Waals surface area (Å²) in [7, 11) is 0. The first-order chi connectivity index (χ1) is 15.3. The number of fused-ring (bicyclic) bond motifs is 1. The molecule has 32 heavy (non-hydrogen) atoms. The Bertz CT molecular complexity index is 1380. The number of rotatable bonds is 6. The number of para-hydroxylation sites is 1. The summed E-state index contributed by atoms with van der Waals surface area (Å²) in [6, 6.07) is 12.7. The van der Waals surface area contributed by atoms with Crippen LogP contribution in [0.5, 0.6) is 0 Å². The van der Waals surface area contributed by atoms with E-state index in [1.165, 1.54) is 30.4 Å². The minimum Gasteiger partial charge on any atom is -0.324 e. The van der Waals surface area contributed by atoms with E-state index < -0.39 is 5.25 Å². The molecule has 1 unspecified atom stereocenters. The predicted molar refractivity (Wildman–Crippen MR) is 126 cm³/mol. The number of aromatic amines is 1. The van der Waals surface area contributed by atoms with Crippen molar-refractivity contribution in [2.75, 3.05) is 5.32 Å². The summed E-state index contributed by atoms with van der Waals surface area (Å²) in [5.74, 6) is -0.811. The molecule has 1 atom stereocenters. The third kappa shape index (κ3) is 4.49. The van der Waals surface area contributed by atoms with Gasteiger partial charge in [-0.15, -0.1) is 11.3 Å². The molecule has 6 nitrogen and oxygen atoms in total. The van der Waals surface area contributed by atoms with Gasteiger partial charge in [0.05, 0.1) is 16.3 Å². The predicted octanol–water partition coefficient (Wildman–Crippen LogP) is 5.11. The number of nitrogens with zero attached hydrogens (tertiary/aromatic N) is 1. The minimum absolute atomic E-state index is 0.146. The lowest BCUT2D eigenvalue weighted by Crippen LogP contribution is -2.24. The maximum atomic E-state index is 13.2. The van der Waals surface area contributed by atoms with Crippen molar-refractivity contribution in [2.45, 2.75) is 24.3 Å². The van der Waals surface area contributed by atoms with E-state index in [2.05, 4.69) is 15.3 Å². The number of halogens is 1. The number of thiophene rings is 1. The Labute approximate surface area is 190 Å². The largest absolute Gasteiger partial charge is 0.324 e. The number of carbonyl (C=O) groups is 2. The van der Waals surface area contributed by atoms with Crippen LogP contribution in [-0.4, -0.2) is 26.9 Å². The first kappa shape index (κ1) is 21.9. The lowest BCUT2D eigenvalue weighted by Gasteiger charge is -2.13. The van der Waals surface area contributed by atoms with Crippen LogP contribution in [0.1, 0.15) is 24.2 Å². The van der Waals surface area contributed by atoms with Gasteiger partial charge < -0.3 is 10.3 Å². The van der Waals surface area contributed by atoms with Gasteiger partial charge in [-0.2, -0.15) is 0 Å². The molecule has 4 rings (SSSR count). The lowest BCUT2D eigenvalue weighted by molar-refractivity contribution is -0.115. The number of amides is 1. The zero-order valence-electron chi connectivity index (χ0n) is 17.1. The fourth-order valence-corrected chi connectivity index (χ4v) is 4.98. The van der Waals surface area contributed by atoms with E-state index in [1.54, 1.807) is 43.3 Å². The van der Waals surface area contributed by atoms with Crippen molar-refractivity contribution in [3.05, 3.63) is 75.6 Å². The number of nitrogens with one attached hydrogen (secondary N) is 2. The molecule has 2 N–H and O–H groups in total. The van der Waals surface area contributed by atoms with Gasteiger partial charge in [0, 0.05) is 16.5 Å². The van der Waals surface area contributed by atoms with Crippen molar-refractivity contribution < 1.29 is 14.0 Å². The molecule has 162 valence electrons. The van der Waals surface area contributed by atoms with Gasteiger partial charge >= 0.3 is 0 Å². The molecule has 2 aromatic heterocycles. The SMILES string of the molecule is CC(=O)c1ccccc1NC(=O)C(C)Sc1nc2scc(-c3ccc(F)cc3)c2c(=O)[nH]1. The highest BCUT2D eigenvalue weighted by Crippen LogP contribution is 2.32. The van der Waals surface area contributed by atoms with Crippen LogP contribution in [0.2, 0.25) is 0 Å². The number of H-pyrrole nitrogens is 1. The first-order valence-corrected chi connectivity index (χ1v) is 11.4. The maximum Gasteiger partial charge on any atom is 0.260 e. The van der Waals surface area contributed by atoms with E-state index >= 15 is 0 Å². The fraction of sp³-hybridized carbons (Fsp3) is 0.130. The molecule has 2 heterocycles. The van der Waals surface area contributed by atoms with E-state index in [-0.39, 0.29) is 23.1 Å². The molecule has 0 aliphatic heterocycles. The number of hydrogen-bond donors (Lipinski definition) is 2. The highest BCUT2D eigenvalue weighted by Gasteiger charge is 2.20. The van der Waals surface area contributed by atoms with Crippen LogP contribution in [0.15, 0.2) is 63.9 Å². The van der Waals surface area contributed by atoms with Gasteiger partial charge in [-0.05, 0) is 43.7 Å². The number of Topliss-reactive ketones (excluding diaryl/α,β-unsaturated/α-hetero) is 1. The number of ketones is 1. The molecule has 0 radical (unpaired) electrons. The van der Waals surface area contributed by atoms with Crippen LogP contribution >= 0.6 is 23.1 Å². The van der Waals surface area contributed by atoms with E-state index in [4.69, 9.17) is 0 Å². The van der Waals surface area contributed by atoms with Crippen molar-refractivity contribution in [3.63, 3.8) is 0 Å². The number of carbonyl (C=O) groups excluding carboxylic acids is 2. The summed E-state index contributed by atoms with van der Waals surface area (Å²) in [4.78, 5) is 45.0. The van der Waals surface area contributed by atoms with Gasteiger partial charge in [0.1, 0.15) is 10.6 Å². The van der Waals surface area contributed by atoms with Crippen molar-refractivity contribution >= 4 is 50.7 Å². The monoisotopic (exact) mass is 467 g/mol. The number of thioether (sulfide) groups is 1. The van der Waals surface area contributed by atoms with Gasteiger partial charge in [0.25, 0.3) is 5.56 Å². The Morgan fingerprint density at radius 1 is 1.16 bits per heavy atom. The number of anilines is 1. The smallest absolute Gasteiger partial charge is 0.260 e. The van der Waals surface area contributed by atoms with E-state index in [1.807, 2.05) is 5.38 Å². The lowest BCUT2D eigenvalue weighted by atomic mass is 10.1. The molecule has 0 bridgehead atoms. The zero-order valence-corrected chi connectivity index (χ0v) is 18.8. The Balaban J connectivity index is 1.56. The van der Waals surface area contributed by atoms with E-state index in [9.17, 15) is 18.8 Å². The van der Waals surface area contributed by atoms with E-state index in [0.717, 1.165) is 17.3 Å². The van der Waals surface area contributed by atoms with Gasteiger partial charge in [-0.3, -0.25) is 14.4 Å². The Kier molecular flexibility index (Phi) is 6.20. The Hall–Kier alpha value is -3.30. The summed E-state index contributed by atoms with van der Waals surface area (Å²) in [5, 5.41) is 4.74. The topological polar surface area (TPSA) is 91.9 Å². The molecule has 0 saturated heterocycles. The van der Waals surface area contributed by atoms with Gasteiger partial charge in [0.2, 0.25) is 5.91 Å². The third-order valence-electron chi connectivity index (χ3n) is 4.80. The Morgan fingerprint density at radius 3 is 2.59 bits per heavy atom. The standard InChI is InChI=1S/C23H18FN3O3S2/c1-12(28)16-5-3-4-6-18(16)25-20(29)13(2)32-23-26-21(30)19-17(11-31-22(19)27-23)14-7-9-15(24)10-8-14/h3-11,13H,1-2H3,(H,25,29)(H,26,27,30). The summed E-state index contributed by atoms with van der Waals surface area (Å²) in [6.45, 7) is 3.13. The van der Waals surface area contributed by atoms with Gasteiger partial charge in [-0.1, -0.05) is 36.0 Å². The van der Waals surface area contributed by atoms with Crippen LogP contribution in [0.3, 0.4) is 0 Å². The highest BCUT2D eigenvalue weighted by molar-refractivity contribution is 8.00. The molecule has 0 spiro atoms. The average Bonchev–Trinajstić information content (AvgIpc) is 3.19. The molecule has 0 aliphatic rings. The molecular weight excluding hydrogens is 449 g/mol. The molecule has 0 fully saturated rings. The first-order valence-electron chi connectivity index (χ1n) is 9.68. The third-order valence-corrected chi connectivity index (χ3v) is 6.66. The second-order valence-electron chi connectivity index (χ2n) is 7.06. The van der Waals surface area contributed by atoms with E-state index in [0.29, 0.717) is 32.2 Å². The van der Waals surface area contributed by atoms with Crippen molar-refractivity contribution in [3.8, 4) is 11.1 Å². The average molecular weight is 468 g/mol.